The van der Waals surface area contributed by atoms with Crippen LogP contribution in [-0.4, -0.2) is 79.6 Å². The fraction of sp³-hybridized carbons (Fsp3) is 0.269. The number of hydrogen-bond donors (Lipinski definition) is 6. The lowest BCUT2D eigenvalue weighted by molar-refractivity contribution is -0.203. The van der Waals surface area contributed by atoms with Crippen LogP contribution >= 0.6 is 0 Å². The fourth-order valence-corrected chi connectivity index (χ4v) is 3.77. The number of aromatic hydroxyl groups is 3. The first kappa shape index (κ1) is 28.0. The molecule has 0 amide bonds. The van der Waals surface area contributed by atoms with Crippen LogP contribution in [0.5, 0.6) is 23.0 Å². The molecule has 1 aliphatic rings. The Hall–Kier alpha value is -4.55. The zero-order chi connectivity index (χ0) is 28.0. The summed E-state index contributed by atoms with van der Waals surface area (Å²) in [5, 5.41) is 59.3. The summed E-state index contributed by atoms with van der Waals surface area (Å²) < 4.78 is 15.3. The maximum Gasteiger partial charge on any atom is 0.335 e. The quantitative estimate of drug-likeness (QED) is 0.163. The number of aliphatic hydroxyl groups is 2. The molecule has 38 heavy (non-hydrogen) atoms. The smallest absolute Gasteiger partial charge is 0.335 e. The van der Waals surface area contributed by atoms with E-state index >= 15 is 0 Å². The van der Waals surface area contributed by atoms with Crippen LogP contribution in [0.4, 0.5) is 0 Å². The van der Waals surface area contributed by atoms with Gasteiger partial charge in [0.25, 0.3) is 0 Å². The molecule has 0 spiro atoms. The first-order valence-electron chi connectivity index (χ1n) is 11.2. The lowest BCUT2D eigenvalue weighted by Gasteiger charge is -2.40. The van der Waals surface area contributed by atoms with Crippen LogP contribution in [0.2, 0.25) is 0 Å². The molecule has 6 N–H and O–H groups in total. The van der Waals surface area contributed by atoms with Gasteiger partial charge in [0.1, 0.15) is 18.3 Å². The molecule has 202 valence electrons. The van der Waals surface area contributed by atoms with Crippen LogP contribution in [-0.2, 0) is 23.9 Å². The molecule has 0 heterocycles. The minimum atomic E-state index is -2.46. The van der Waals surface area contributed by atoms with Gasteiger partial charge in [0.05, 0.1) is 7.11 Å². The standard InChI is InChI=1S/C26H26O12/c1-36-19-11-15(3-7-17(19)28)5-9-23(31)38-21-13-26(35,25(33)34)12-20(24(21)32)37-22(30)8-4-14-2-6-16(27)18(29)10-14/h2-11,20-21,24,27-29,32,35H,12-13H2,1H3,(H,33,34). The molecule has 2 aromatic rings. The SMILES string of the molecule is COc1cc(C=CC(=O)OC2CC(O)(C(=O)O)CC(OC(=O)C=Cc3ccc(O)c(O)c3)C2O)ccc1O. The lowest BCUT2D eigenvalue weighted by atomic mass is 9.79. The number of hydrogen-bond acceptors (Lipinski definition) is 11. The van der Waals surface area contributed by atoms with Gasteiger partial charge < -0.3 is 44.8 Å². The predicted molar refractivity (Wildman–Crippen MR) is 130 cm³/mol. The van der Waals surface area contributed by atoms with Crippen molar-refractivity contribution in [2.24, 2.45) is 0 Å². The summed E-state index contributed by atoms with van der Waals surface area (Å²) >= 11 is 0. The number of phenols is 3. The number of carboxylic acid groups (broad SMARTS) is 1. The van der Waals surface area contributed by atoms with Gasteiger partial charge in [-0.2, -0.15) is 0 Å². The predicted octanol–water partition coefficient (Wildman–Crippen LogP) is 1.33. The third-order valence-electron chi connectivity index (χ3n) is 5.80. The lowest BCUT2D eigenvalue weighted by Crippen LogP contribution is -2.58. The average Bonchev–Trinajstić information content (AvgIpc) is 2.87. The number of benzene rings is 2. The number of rotatable bonds is 8. The van der Waals surface area contributed by atoms with Crippen molar-refractivity contribution in [3.63, 3.8) is 0 Å². The largest absolute Gasteiger partial charge is 0.504 e. The molecule has 3 rings (SSSR count). The van der Waals surface area contributed by atoms with Crippen molar-refractivity contribution in [1.82, 2.24) is 0 Å². The Morgan fingerprint density at radius 3 is 1.82 bits per heavy atom. The highest BCUT2D eigenvalue weighted by atomic mass is 16.6. The van der Waals surface area contributed by atoms with Crippen LogP contribution in [0.1, 0.15) is 24.0 Å². The van der Waals surface area contributed by atoms with Gasteiger partial charge in [0.15, 0.2) is 28.6 Å². The summed E-state index contributed by atoms with van der Waals surface area (Å²) in [5.74, 6) is -4.37. The Morgan fingerprint density at radius 1 is 0.842 bits per heavy atom. The summed E-state index contributed by atoms with van der Waals surface area (Å²) in [6.07, 6.45) is -1.58. The van der Waals surface area contributed by atoms with Crippen molar-refractivity contribution in [3.05, 3.63) is 59.7 Å². The Morgan fingerprint density at radius 2 is 1.34 bits per heavy atom. The van der Waals surface area contributed by atoms with Crippen LogP contribution in [0.25, 0.3) is 12.2 Å². The van der Waals surface area contributed by atoms with Gasteiger partial charge in [0.2, 0.25) is 0 Å². The Kier molecular flexibility index (Phi) is 8.61. The van der Waals surface area contributed by atoms with E-state index in [9.17, 15) is 45.0 Å². The molecule has 12 nitrogen and oxygen atoms in total. The van der Waals surface area contributed by atoms with Gasteiger partial charge >= 0.3 is 17.9 Å². The molecule has 1 aliphatic carbocycles. The highest BCUT2D eigenvalue weighted by Gasteiger charge is 2.52. The number of aliphatic hydroxyl groups excluding tert-OH is 1. The number of carbonyl (C=O) groups is 3. The average molecular weight is 530 g/mol. The summed E-state index contributed by atoms with van der Waals surface area (Å²) in [7, 11) is 1.35. The van der Waals surface area contributed by atoms with Crippen LogP contribution in [0, 0.1) is 0 Å². The molecular formula is C26H26O12. The highest BCUT2D eigenvalue weighted by molar-refractivity contribution is 5.88. The number of esters is 2. The second-order valence-corrected chi connectivity index (χ2v) is 8.53. The normalized spacial score (nSPS) is 23.3. The van der Waals surface area contributed by atoms with E-state index in [4.69, 9.17) is 14.2 Å². The molecule has 4 atom stereocenters. The molecule has 0 saturated heterocycles. The van der Waals surface area contributed by atoms with Crippen LogP contribution in [0.3, 0.4) is 0 Å². The molecule has 0 bridgehead atoms. The van der Waals surface area contributed by atoms with Gasteiger partial charge in [-0.05, 0) is 47.5 Å². The minimum absolute atomic E-state index is 0.109. The molecule has 0 radical (unpaired) electrons. The van der Waals surface area contributed by atoms with Crippen molar-refractivity contribution in [3.8, 4) is 23.0 Å². The molecule has 0 aliphatic heterocycles. The number of aliphatic carboxylic acids is 1. The third kappa shape index (κ3) is 6.81. The number of phenolic OH excluding ortho intramolecular Hbond substituents is 3. The van der Waals surface area contributed by atoms with E-state index in [1.165, 1.54) is 55.7 Å². The first-order chi connectivity index (χ1) is 17.9. The van der Waals surface area contributed by atoms with E-state index in [0.29, 0.717) is 11.1 Å². The van der Waals surface area contributed by atoms with E-state index in [0.717, 1.165) is 12.2 Å². The second kappa shape index (κ2) is 11.7. The topological polar surface area (TPSA) is 200 Å². The molecule has 1 fully saturated rings. The second-order valence-electron chi connectivity index (χ2n) is 8.53. The monoisotopic (exact) mass is 530 g/mol. The van der Waals surface area contributed by atoms with Crippen molar-refractivity contribution in [1.29, 1.82) is 0 Å². The number of ether oxygens (including phenoxy) is 3. The molecular weight excluding hydrogens is 504 g/mol. The number of carboxylic acids is 1. The molecule has 12 heteroatoms. The van der Waals surface area contributed by atoms with E-state index in [1.807, 2.05) is 0 Å². The van der Waals surface area contributed by atoms with E-state index in [-0.39, 0.29) is 17.2 Å². The van der Waals surface area contributed by atoms with E-state index in [2.05, 4.69) is 0 Å². The van der Waals surface area contributed by atoms with Gasteiger partial charge in [-0.3, -0.25) is 0 Å². The summed E-state index contributed by atoms with van der Waals surface area (Å²) in [5.41, 5.74) is -1.67. The van der Waals surface area contributed by atoms with Gasteiger partial charge in [-0.1, -0.05) is 12.1 Å². The Balaban J connectivity index is 1.71. The summed E-state index contributed by atoms with van der Waals surface area (Å²) in [6, 6.07) is 8.05. The number of methoxy groups -OCH3 is 1. The zero-order valence-electron chi connectivity index (χ0n) is 20.1. The van der Waals surface area contributed by atoms with Crippen molar-refractivity contribution < 1.29 is 59.2 Å². The molecule has 1 saturated carbocycles. The Bertz CT molecular complexity index is 1270. The van der Waals surface area contributed by atoms with Crippen LogP contribution < -0.4 is 4.74 Å². The molecule has 0 aromatic heterocycles. The van der Waals surface area contributed by atoms with Gasteiger partial charge in [0, 0.05) is 25.0 Å². The van der Waals surface area contributed by atoms with E-state index < -0.39 is 60.4 Å². The fourth-order valence-electron chi connectivity index (χ4n) is 3.77. The first-order valence-corrected chi connectivity index (χ1v) is 11.2. The van der Waals surface area contributed by atoms with E-state index in [1.54, 1.807) is 0 Å². The third-order valence-corrected chi connectivity index (χ3v) is 5.80. The molecule has 2 aromatic carbocycles. The minimum Gasteiger partial charge on any atom is -0.504 e. The van der Waals surface area contributed by atoms with Gasteiger partial charge in [-0.15, -0.1) is 0 Å². The summed E-state index contributed by atoms with van der Waals surface area (Å²) in [6.45, 7) is 0. The van der Waals surface area contributed by atoms with Crippen molar-refractivity contribution >= 4 is 30.1 Å². The Labute approximate surface area is 216 Å². The highest BCUT2D eigenvalue weighted by Crippen LogP contribution is 2.33. The maximum absolute atomic E-state index is 12.4. The van der Waals surface area contributed by atoms with Crippen molar-refractivity contribution in [2.75, 3.05) is 7.11 Å². The van der Waals surface area contributed by atoms with Crippen molar-refractivity contribution in [2.45, 2.75) is 36.8 Å². The molecule has 4 unspecified atom stereocenters. The maximum atomic E-state index is 12.4. The summed E-state index contributed by atoms with van der Waals surface area (Å²) in [4.78, 5) is 36.4. The number of carbonyl (C=O) groups excluding carboxylic acids is 2. The van der Waals surface area contributed by atoms with Crippen LogP contribution in [0.15, 0.2) is 48.6 Å². The van der Waals surface area contributed by atoms with Gasteiger partial charge in [-0.25, -0.2) is 14.4 Å². The zero-order valence-corrected chi connectivity index (χ0v) is 20.1.